The summed E-state index contributed by atoms with van der Waals surface area (Å²) in [5.41, 5.74) is -0.756. The van der Waals surface area contributed by atoms with Gasteiger partial charge in [-0.15, -0.1) is 0 Å². The SMILES string of the molecule is CNC[C@@H](CC(=O)N1CCC[C@@H]([C@@](O)(CCCCOC)c2cccc(F)c2OCC2CC2)C1)CC(C)C. The summed E-state index contributed by atoms with van der Waals surface area (Å²) in [7, 11) is 3.61. The minimum Gasteiger partial charge on any atom is -0.490 e. The van der Waals surface area contributed by atoms with E-state index in [1.54, 1.807) is 13.2 Å². The fourth-order valence-electron chi connectivity index (χ4n) is 5.85. The van der Waals surface area contributed by atoms with E-state index in [-0.39, 0.29) is 23.5 Å². The zero-order valence-electron chi connectivity index (χ0n) is 23.4. The van der Waals surface area contributed by atoms with Crippen LogP contribution in [0.5, 0.6) is 5.75 Å². The second kappa shape index (κ2) is 14.5. The number of halogens is 1. The molecule has 6 nitrogen and oxygen atoms in total. The number of rotatable bonds is 16. The van der Waals surface area contributed by atoms with Crippen LogP contribution in [0, 0.1) is 29.5 Å². The van der Waals surface area contributed by atoms with E-state index in [0.29, 0.717) is 56.5 Å². The highest BCUT2D eigenvalue weighted by atomic mass is 19.1. The molecule has 3 rings (SSSR count). The average Bonchev–Trinajstić information content (AvgIpc) is 3.70. The molecule has 1 aliphatic heterocycles. The largest absolute Gasteiger partial charge is 0.490 e. The second-order valence-electron chi connectivity index (χ2n) is 11.7. The van der Waals surface area contributed by atoms with Crippen molar-refractivity contribution >= 4 is 5.91 Å². The van der Waals surface area contributed by atoms with Crippen molar-refractivity contribution in [3.8, 4) is 5.75 Å². The molecule has 2 aliphatic rings. The number of amides is 1. The third-order valence-corrected chi connectivity index (χ3v) is 7.96. The number of para-hydroxylation sites is 1. The summed E-state index contributed by atoms with van der Waals surface area (Å²) in [5, 5.41) is 15.6. The smallest absolute Gasteiger partial charge is 0.222 e. The van der Waals surface area contributed by atoms with Gasteiger partial charge in [-0.3, -0.25) is 4.79 Å². The Balaban J connectivity index is 1.82. The van der Waals surface area contributed by atoms with Gasteiger partial charge in [0.2, 0.25) is 5.91 Å². The Morgan fingerprint density at radius 3 is 2.73 bits per heavy atom. The molecule has 210 valence electrons. The first-order chi connectivity index (χ1) is 17.8. The maximum absolute atomic E-state index is 15.1. The van der Waals surface area contributed by atoms with E-state index < -0.39 is 11.4 Å². The van der Waals surface area contributed by atoms with Gasteiger partial charge in [0, 0.05) is 44.7 Å². The average molecular weight is 521 g/mol. The van der Waals surface area contributed by atoms with Crippen molar-refractivity contribution in [2.75, 3.05) is 47.0 Å². The number of unbranched alkanes of at least 4 members (excludes halogenated alkanes) is 1. The normalized spacial score (nSPS) is 20.6. The maximum Gasteiger partial charge on any atom is 0.222 e. The zero-order valence-corrected chi connectivity index (χ0v) is 23.4. The predicted molar refractivity (Wildman–Crippen MR) is 145 cm³/mol. The molecule has 37 heavy (non-hydrogen) atoms. The van der Waals surface area contributed by atoms with Crippen LogP contribution in [-0.2, 0) is 15.1 Å². The van der Waals surface area contributed by atoms with Crippen LogP contribution in [0.15, 0.2) is 18.2 Å². The Kier molecular flexibility index (Phi) is 11.7. The lowest BCUT2D eigenvalue weighted by atomic mass is 9.73. The Hall–Kier alpha value is -1.70. The molecule has 1 saturated carbocycles. The van der Waals surface area contributed by atoms with Crippen LogP contribution in [0.2, 0.25) is 0 Å². The van der Waals surface area contributed by atoms with Gasteiger partial charge in [-0.1, -0.05) is 26.0 Å². The summed E-state index contributed by atoms with van der Waals surface area (Å²) >= 11 is 0. The number of ether oxygens (including phenoxy) is 2. The number of nitrogens with zero attached hydrogens (tertiary/aromatic N) is 1. The van der Waals surface area contributed by atoms with Crippen LogP contribution in [-0.4, -0.2) is 62.9 Å². The molecule has 0 aromatic heterocycles. The molecule has 2 fully saturated rings. The number of carbonyl (C=O) groups excluding carboxylic acids is 1. The van der Waals surface area contributed by atoms with Gasteiger partial charge in [-0.05, 0) is 88.8 Å². The zero-order chi connectivity index (χ0) is 26.8. The first-order valence-corrected chi connectivity index (χ1v) is 14.3. The number of hydrogen-bond acceptors (Lipinski definition) is 5. The fraction of sp³-hybridized carbons (Fsp3) is 0.767. The maximum atomic E-state index is 15.1. The minimum absolute atomic E-state index is 0.150. The van der Waals surface area contributed by atoms with Crippen LogP contribution < -0.4 is 10.1 Å². The molecule has 1 aliphatic carbocycles. The standard InChI is InChI=1S/C30H49FN2O4/c1-22(2)17-24(19-32-3)18-28(34)33-15-8-9-25(20-33)30(35,14-5-6-16-36-4)26-10-7-11-27(31)29(26)37-21-23-12-13-23/h7,10-11,22-25,32,35H,5-6,8-9,12-21H2,1-4H3/t24-,25-,30+/m1/s1. The third kappa shape index (κ3) is 8.66. The van der Waals surface area contributed by atoms with Crippen molar-refractivity contribution in [2.24, 2.45) is 23.7 Å². The van der Waals surface area contributed by atoms with Gasteiger partial charge in [-0.25, -0.2) is 4.39 Å². The molecule has 0 spiro atoms. The van der Waals surface area contributed by atoms with Gasteiger partial charge in [-0.2, -0.15) is 0 Å². The lowest BCUT2D eigenvalue weighted by molar-refractivity contribution is -0.138. The van der Waals surface area contributed by atoms with Gasteiger partial charge in [0.15, 0.2) is 11.6 Å². The molecule has 1 aromatic carbocycles. The molecule has 7 heteroatoms. The number of hydrogen-bond donors (Lipinski definition) is 2. The van der Waals surface area contributed by atoms with Crippen LogP contribution >= 0.6 is 0 Å². The van der Waals surface area contributed by atoms with Crippen molar-refractivity contribution in [2.45, 2.75) is 77.2 Å². The predicted octanol–water partition coefficient (Wildman–Crippen LogP) is 5.13. The highest BCUT2D eigenvalue weighted by Crippen LogP contribution is 2.45. The van der Waals surface area contributed by atoms with E-state index in [1.807, 2.05) is 18.0 Å². The van der Waals surface area contributed by atoms with Crippen LogP contribution in [0.4, 0.5) is 4.39 Å². The monoisotopic (exact) mass is 520 g/mol. The number of aliphatic hydroxyl groups is 1. The van der Waals surface area contributed by atoms with E-state index in [9.17, 15) is 9.90 Å². The van der Waals surface area contributed by atoms with E-state index in [0.717, 1.165) is 51.5 Å². The molecule has 0 radical (unpaired) electrons. The van der Waals surface area contributed by atoms with E-state index in [4.69, 9.17) is 9.47 Å². The molecule has 1 amide bonds. The summed E-state index contributed by atoms with van der Waals surface area (Å²) in [6, 6.07) is 4.88. The highest BCUT2D eigenvalue weighted by molar-refractivity contribution is 5.76. The summed E-state index contributed by atoms with van der Waals surface area (Å²) in [6.45, 7) is 7.47. The molecule has 1 aromatic rings. The fourth-order valence-corrected chi connectivity index (χ4v) is 5.85. The van der Waals surface area contributed by atoms with Crippen LogP contribution in [0.3, 0.4) is 0 Å². The molecule has 1 heterocycles. The Morgan fingerprint density at radius 1 is 1.27 bits per heavy atom. The Bertz CT molecular complexity index is 847. The number of nitrogens with one attached hydrogen (secondary N) is 1. The molecule has 1 saturated heterocycles. The minimum atomic E-state index is -1.28. The molecular weight excluding hydrogens is 471 g/mol. The first kappa shape index (κ1) is 29.9. The molecule has 0 bridgehead atoms. The number of piperidine rings is 1. The summed E-state index contributed by atoms with van der Waals surface area (Å²) in [4.78, 5) is 15.3. The van der Waals surface area contributed by atoms with E-state index in [1.165, 1.54) is 6.07 Å². The van der Waals surface area contributed by atoms with Crippen LogP contribution in [0.25, 0.3) is 0 Å². The number of benzene rings is 1. The molecule has 0 unspecified atom stereocenters. The van der Waals surface area contributed by atoms with Gasteiger partial charge in [0.05, 0.1) is 12.2 Å². The van der Waals surface area contributed by atoms with Crippen molar-refractivity contribution in [1.82, 2.24) is 10.2 Å². The second-order valence-corrected chi connectivity index (χ2v) is 11.7. The lowest BCUT2D eigenvalue weighted by Crippen LogP contribution is -2.48. The van der Waals surface area contributed by atoms with Crippen molar-refractivity contribution in [1.29, 1.82) is 0 Å². The van der Waals surface area contributed by atoms with Crippen molar-refractivity contribution < 1.29 is 23.8 Å². The summed E-state index contributed by atoms with van der Waals surface area (Å²) in [5.74, 6) is 0.999. The van der Waals surface area contributed by atoms with Gasteiger partial charge >= 0.3 is 0 Å². The molecule has 3 atom stereocenters. The lowest BCUT2D eigenvalue weighted by Gasteiger charge is -2.43. The number of likely N-dealkylation sites (tertiary alicyclic amines) is 1. The topological polar surface area (TPSA) is 71.0 Å². The first-order valence-electron chi connectivity index (χ1n) is 14.3. The van der Waals surface area contributed by atoms with Crippen LogP contribution in [0.1, 0.15) is 77.2 Å². The summed E-state index contributed by atoms with van der Waals surface area (Å²) in [6.07, 6.45) is 7.36. The highest BCUT2D eigenvalue weighted by Gasteiger charge is 2.43. The van der Waals surface area contributed by atoms with E-state index >= 15 is 4.39 Å². The summed E-state index contributed by atoms with van der Waals surface area (Å²) < 4.78 is 26.3. The Labute approximate surface area is 223 Å². The quantitative estimate of drug-likeness (QED) is 0.296. The number of carbonyl (C=O) groups is 1. The molecule has 2 N–H and O–H groups in total. The van der Waals surface area contributed by atoms with Gasteiger partial charge in [0.25, 0.3) is 0 Å². The van der Waals surface area contributed by atoms with Crippen molar-refractivity contribution in [3.63, 3.8) is 0 Å². The third-order valence-electron chi connectivity index (χ3n) is 7.96. The van der Waals surface area contributed by atoms with Gasteiger partial charge in [0.1, 0.15) is 0 Å². The van der Waals surface area contributed by atoms with Crippen molar-refractivity contribution in [3.05, 3.63) is 29.6 Å². The number of methoxy groups -OCH3 is 1. The van der Waals surface area contributed by atoms with Gasteiger partial charge < -0.3 is 24.8 Å². The molecular formula is C30H49FN2O4. The van der Waals surface area contributed by atoms with E-state index in [2.05, 4.69) is 19.2 Å². The Morgan fingerprint density at radius 2 is 2.05 bits per heavy atom.